The van der Waals surface area contributed by atoms with Crippen molar-refractivity contribution in [3.05, 3.63) is 36.1 Å². The van der Waals surface area contributed by atoms with E-state index in [2.05, 4.69) is 13.2 Å². The first-order chi connectivity index (χ1) is 6.72. The van der Waals surface area contributed by atoms with Gasteiger partial charge in [0.2, 0.25) is 0 Å². The Bertz CT molecular complexity index is 242. The van der Waals surface area contributed by atoms with Crippen LogP contribution in [0.3, 0.4) is 0 Å². The van der Waals surface area contributed by atoms with E-state index in [1.165, 1.54) is 0 Å². The fraction of sp³-hybridized carbons (Fsp3) is 0.400. The zero-order valence-corrected chi connectivity index (χ0v) is 8.63. The van der Waals surface area contributed by atoms with Crippen molar-refractivity contribution >= 4 is 11.6 Å². The summed E-state index contributed by atoms with van der Waals surface area (Å²) in [4.78, 5) is 0. The summed E-state index contributed by atoms with van der Waals surface area (Å²) in [7, 11) is 0. The topological polar surface area (TPSA) is 27.7 Å². The van der Waals surface area contributed by atoms with Crippen LogP contribution in [0.2, 0.25) is 0 Å². The summed E-state index contributed by atoms with van der Waals surface area (Å²) in [5, 5.41) is 0.396. The molecule has 1 heterocycles. The first-order valence-corrected chi connectivity index (χ1v) is 4.64. The number of allylic oxidation sites excluding steroid dienone is 3. The van der Waals surface area contributed by atoms with Crippen molar-refractivity contribution in [3.63, 3.8) is 0 Å². The first-order valence-electron chi connectivity index (χ1n) is 4.27. The van der Waals surface area contributed by atoms with Crippen molar-refractivity contribution in [3.8, 4) is 0 Å². The van der Waals surface area contributed by atoms with Crippen LogP contribution in [0.15, 0.2) is 36.1 Å². The fourth-order valence-corrected chi connectivity index (χ4v) is 1.09. The van der Waals surface area contributed by atoms with Crippen LogP contribution in [0.5, 0.6) is 0 Å². The fourth-order valence-electron chi connectivity index (χ4n) is 0.982. The summed E-state index contributed by atoms with van der Waals surface area (Å²) < 4.78 is 15.7. The van der Waals surface area contributed by atoms with Crippen LogP contribution in [0.4, 0.5) is 0 Å². The summed E-state index contributed by atoms with van der Waals surface area (Å²) in [6.07, 6.45) is 2.85. The van der Waals surface area contributed by atoms with Crippen LogP contribution >= 0.6 is 11.6 Å². The molecule has 0 aliphatic carbocycles. The van der Waals surface area contributed by atoms with E-state index in [1.54, 1.807) is 12.2 Å². The lowest BCUT2D eigenvalue weighted by Crippen LogP contribution is -2.15. The molecule has 78 valence electrons. The smallest absolute Gasteiger partial charge is 0.191 e. The maximum Gasteiger partial charge on any atom is 0.191 e. The van der Waals surface area contributed by atoms with Gasteiger partial charge in [-0.2, -0.15) is 0 Å². The van der Waals surface area contributed by atoms with E-state index in [1.807, 2.05) is 0 Å². The molecule has 0 spiro atoms. The van der Waals surface area contributed by atoms with Gasteiger partial charge in [0.15, 0.2) is 6.29 Å². The van der Waals surface area contributed by atoms with Crippen molar-refractivity contribution in [2.45, 2.75) is 6.29 Å². The van der Waals surface area contributed by atoms with Gasteiger partial charge in [0.05, 0.1) is 13.2 Å². The predicted octanol–water partition coefficient (Wildman–Crippen LogP) is 2.20. The lowest BCUT2D eigenvalue weighted by atomic mass is 10.4. The van der Waals surface area contributed by atoms with E-state index in [9.17, 15) is 0 Å². The maximum atomic E-state index is 5.59. The van der Waals surface area contributed by atoms with Crippen LogP contribution < -0.4 is 0 Å². The second-order valence-electron chi connectivity index (χ2n) is 2.68. The van der Waals surface area contributed by atoms with Crippen LogP contribution in [0.25, 0.3) is 0 Å². The Hall–Kier alpha value is -0.770. The maximum absolute atomic E-state index is 5.59. The molecule has 14 heavy (non-hydrogen) atoms. The molecule has 0 radical (unpaired) electrons. The lowest BCUT2D eigenvalue weighted by Gasteiger charge is -2.11. The molecule has 0 saturated carbocycles. The lowest BCUT2D eigenvalue weighted by molar-refractivity contribution is -0.0805. The third-order valence-electron chi connectivity index (χ3n) is 1.58. The summed E-state index contributed by atoms with van der Waals surface area (Å²) in [5.74, 6) is 0.559. The second-order valence-corrected chi connectivity index (χ2v) is 3.17. The zero-order valence-electron chi connectivity index (χ0n) is 7.87. The number of halogens is 1. The van der Waals surface area contributed by atoms with Gasteiger partial charge in [-0.1, -0.05) is 24.8 Å². The molecule has 0 N–H and O–H groups in total. The minimum Gasteiger partial charge on any atom is -0.488 e. The van der Waals surface area contributed by atoms with Crippen LogP contribution in [0, 0.1) is 0 Å². The molecule has 0 aromatic rings. The third-order valence-corrected chi connectivity index (χ3v) is 1.69. The molecular formula is C10H13ClO3. The molecule has 0 atom stereocenters. The quantitative estimate of drug-likeness (QED) is 0.521. The van der Waals surface area contributed by atoms with E-state index in [0.717, 1.165) is 0 Å². The average Bonchev–Trinajstić information content (AvgIpc) is 2.64. The first kappa shape index (κ1) is 11.3. The number of rotatable bonds is 5. The van der Waals surface area contributed by atoms with Gasteiger partial charge in [0.1, 0.15) is 12.4 Å². The highest BCUT2D eigenvalue weighted by Crippen LogP contribution is 2.10. The minimum absolute atomic E-state index is 0.290. The average molecular weight is 217 g/mol. The van der Waals surface area contributed by atoms with Gasteiger partial charge in [-0.05, 0) is 12.2 Å². The van der Waals surface area contributed by atoms with Gasteiger partial charge in [0, 0.05) is 5.03 Å². The van der Waals surface area contributed by atoms with Gasteiger partial charge >= 0.3 is 0 Å². The Morgan fingerprint density at radius 1 is 1.50 bits per heavy atom. The molecule has 4 heteroatoms. The van der Waals surface area contributed by atoms with Gasteiger partial charge in [-0.25, -0.2) is 0 Å². The minimum atomic E-state index is -0.290. The molecule has 0 unspecified atom stereocenters. The zero-order chi connectivity index (χ0) is 10.4. The molecule has 1 saturated heterocycles. The molecule has 0 aromatic heterocycles. The highest BCUT2D eigenvalue weighted by atomic mass is 35.5. The van der Waals surface area contributed by atoms with E-state index in [4.69, 9.17) is 25.8 Å². The van der Waals surface area contributed by atoms with Crippen molar-refractivity contribution in [2.24, 2.45) is 0 Å². The third kappa shape index (κ3) is 3.96. The van der Waals surface area contributed by atoms with Crippen molar-refractivity contribution in [2.75, 3.05) is 19.8 Å². The van der Waals surface area contributed by atoms with Crippen molar-refractivity contribution < 1.29 is 14.2 Å². The van der Waals surface area contributed by atoms with Gasteiger partial charge in [-0.3, -0.25) is 0 Å². The summed E-state index contributed by atoms with van der Waals surface area (Å²) in [6.45, 7) is 8.67. The number of hydrogen-bond acceptors (Lipinski definition) is 3. The molecule has 1 rings (SSSR count). The van der Waals surface area contributed by atoms with E-state index in [0.29, 0.717) is 30.6 Å². The Morgan fingerprint density at radius 2 is 2.14 bits per heavy atom. The molecule has 1 fully saturated rings. The summed E-state index contributed by atoms with van der Waals surface area (Å²) in [5.41, 5.74) is 0. The number of ether oxygens (including phenoxy) is 3. The van der Waals surface area contributed by atoms with Crippen LogP contribution in [0.1, 0.15) is 0 Å². The van der Waals surface area contributed by atoms with Gasteiger partial charge < -0.3 is 14.2 Å². The molecule has 3 nitrogen and oxygen atoms in total. The van der Waals surface area contributed by atoms with Crippen molar-refractivity contribution in [1.82, 2.24) is 0 Å². The summed E-state index contributed by atoms with van der Waals surface area (Å²) >= 11 is 5.59. The van der Waals surface area contributed by atoms with E-state index >= 15 is 0 Å². The Kier molecular flexibility index (Phi) is 4.73. The van der Waals surface area contributed by atoms with Crippen molar-refractivity contribution in [1.29, 1.82) is 0 Å². The highest BCUT2D eigenvalue weighted by molar-refractivity contribution is 6.30. The Morgan fingerprint density at radius 3 is 2.64 bits per heavy atom. The van der Waals surface area contributed by atoms with Crippen LogP contribution in [-0.2, 0) is 14.2 Å². The monoisotopic (exact) mass is 216 g/mol. The molecular weight excluding hydrogens is 204 g/mol. The normalized spacial score (nSPS) is 18.2. The predicted molar refractivity (Wildman–Crippen MR) is 54.9 cm³/mol. The van der Waals surface area contributed by atoms with E-state index in [-0.39, 0.29) is 6.29 Å². The van der Waals surface area contributed by atoms with E-state index < -0.39 is 0 Å². The van der Waals surface area contributed by atoms with Gasteiger partial charge in [-0.15, -0.1) is 0 Å². The largest absolute Gasteiger partial charge is 0.488 e. The molecule has 0 aromatic carbocycles. The molecule has 0 amide bonds. The summed E-state index contributed by atoms with van der Waals surface area (Å²) in [6, 6.07) is 0. The Labute approximate surface area is 88.6 Å². The SMILES string of the molecule is C=CC(=CC(=C)Cl)OCC1OCCO1. The molecule has 0 bridgehead atoms. The number of hydrogen-bond donors (Lipinski definition) is 0. The molecule has 1 aliphatic heterocycles. The van der Waals surface area contributed by atoms with Gasteiger partial charge in [0.25, 0.3) is 0 Å². The molecule has 1 aliphatic rings. The second kappa shape index (κ2) is 5.86. The standard InChI is InChI=1S/C10H13ClO3/c1-3-9(6-8(2)11)14-7-10-12-4-5-13-10/h3,6,10H,1-2,4-5,7H2. The van der Waals surface area contributed by atoms with Crippen LogP contribution in [-0.4, -0.2) is 26.1 Å². The highest BCUT2D eigenvalue weighted by Gasteiger charge is 2.16. The Balaban J connectivity index is 2.33.